The first kappa shape index (κ1) is 18.1. The average Bonchev–Trinajstić information content (AvgIpc) is 2.55. The Morgan fingerprint density at radius 1 is 1.00 bits per heavy atom. The van der Waals surface area contributed by atoms with Crippen LogP contribution in [0.15, 0.2) is 42.5 Å². The van der Waals surface area contributed by atoms with Gasteiger partial charge in [-0.3, -0.25) is 9.59 Å². The first-order valence-electron chi connectivity index (χ1n) is 7.27. The molecule has 126 valence electrons. The van der Waals surface area contributed by atoms with Crippen molar-refractivity contribution in [3.8, 4) is 0 Å². The Hall–Kier alpha value is -2.24. The number of hydrogen-bond acceptors (Lipinski definition) is 3. The molecule has 5 nitrogen and oxygen atoms in total. The van der Waals surface area contributed by atoms with Crippen molar-refractivity contribution in [1.29, 1.82) is 0 Å². The highest BCUT2D eigenvalue weighted by Gasteiger charge is 2.08. The van der Waals surface area contributed by atoms with E-state index >= 15 is 0 Å². The van der Waals surface area contributed by atoms with E-state index in [2.05, 4.69) is 16.0 Å². The predicted molar refractivity (Wildman–Crippen MR) is 97.8 cm³/mol. The van der Waals surface area contributed by atoms with Crippen LogP contribution in [0, 0.1) is 6.92 Å². The summed E-state index contributed by atoms with van der Waals surface area (Å²) in [6.07, 6.45) is 0. The van der Waals surface area contributed by atoms with Gasteiger partial charge >= 0.3 is 0 Å². The topological polar surface area (TPSA) is 70.2 Å². The van der Waals surface area contributed by atoms with Gasteiger partial charge in [0.25, 0.3) is 0 Å². The summed E-state index contributed by atoms with van der Waals surface area (Å²) in [6, 6.07) is 12.3. The minimum absolute atomic E-state index is 0.0455. The van der Waals surface area contributed by atoms with Crippen LogP contribution in [-0.2, 0) is 9.59 Å². The summed E-state index contributed by atoms with van der Waals surface area (Å²) in [5.74, 6) is -0.621. The maximum atomic E-state index is 11.9. The number of benzene rings is 2. The number of halogens is 2. The number of nitrogens with one attached hydrogen (secondary N) is 3. The van der Waals surface area contributed by atoms with Crippen molar-refractivity contribution in [1.82, 2.24) is 5.32 Å². The van der Waals surface area contributed by atoms with E-state index in [0.29, 0.717) is 15.7 Å². The SMILES string of the molecule is Cc1c(Cl)cccc1NC(=O)CNC(=O)CNc1cccc(Cl)c1. The molecule has 2 amide bonds. The second-order valence-electron chi connectivity index (χ2n) is 5.10. The number of amides is 2. The van der Waals surface area contributed by atoms with Gasteiger partial charge in [0.15, 0.2) is 0 Å². The van der Waals surface area contributed by atoms with E-state index in [1.54, 1.807) is 42.5 Å². The molecule has 0 radical (unpaired) electrons. The normalized spacial score (nSPS) is 10.1. The number of carbonyl (C=O) groups excluding carboxylic acids is 2. The minimum Gasteiger partial charge on any atom is -0.376 e. The fourth-order valence-corrected chi connectivity index (χ4v) is 2.32. The van der Waals surface area contributed by atoms with Crippen LogP contribution in [0.2, 0.25) is 10.0 Å². The third-order valence-corrected chi connectivity index (χ3v) is 3.91. The molecule has 0 aromatic heterocycles. The molecule has 0 unspecified atom stereocenters. The second kappa shape index (κ2) is 8.57. The van der Waals surface area contributed by atoms with Gasteiger partial charge < -0.3 is 16.0 Å². The molecule has 0 aliphatic carbocycles. The Kier molecular flexibility index (Phi) is 6.46. The molecule has 2 rings (SSSR count). The Morgan fingerprint density at radius 3 is 2.50 bits per heavy atom. The highest BCUT2D eigenvalue weighted by molar-refractivity contribution is 6.31. The summed E-state index contributed by atoms with van der Waals surface area (Å²) in [5.41, 5.74) is 2.14. The molecule has 0 aliphatic heterocycles. The van der Waals surface area contributed by atoms with Gasteiger partial charge in [0.2, 0.25) is 11.8 Å². The minimum atomic E-state index is -0.323. The predicted octanol–water partition coefficient (Wildman–Crippen LogP) is 3.47. The summed E-state index contributed by atoms with van der Waals surface area (Å²) in [6.45, 7) is 1.73. The zero-order valence-electron chi connectivity index (χ0n) is 13.0. The molecule has 2 aromatic carbocycles. The monoisotopic (exact) mass is 365 g/mol. The highest BCUT2D eigenvalue weighted by Crippen LogP contribution is 2.22. The van der Waals surface area contributed by atoms with Gasteiger partial charge in [0.1, 0.15) is 0 Å². The maximum absolute atomic E-state index is 11.9. The zero-order valence-corrected chi connectivity index (χ0v) is 14.5. The Morgan fingerprint density at radius 2 is 1.75 bits per heavy atom. The lowest BCUT2D eigenvalue weighted by atomic mass is 10.2. The molecule has 0 fully saturated rings. The quantitative estimate of drug-likeness (QED) is 0.733. The first-order valence-corrected chi connectivity index (χ1v) is 8.02. The van der Waals surface area contributed by atoms with E-state index in [0.717, 1.165) is 11.3 Å². The molecule has 0 atom stereocenters. The lowest BCUT2D eigenvalue weighted by molar-refractivity contribution is -0.122. The average molecular weight is 366 g/mol. The number of anilines is 2. The molecule has 3 N–H and O–H groups in total. The molecule has 7 heteroatoms. The third kappa shape index (κ3) is 5.44. The van der Waals surface area contributed by atoms with Crippen molar-refractivity contribution in [3.05, 3.63) is 58.1 Å². The van der Waals surface area contributed by atoms with Gasteiger partial charge in [-0.05, 0) is 42.8 Å². The van der Waals surface area contributed by atoms with E-state index in [9.17, 15) is 9.59 Å². The molecule has 0 heterocycles. The van der Waals surface area contributed by atoms with Crippen LogP contribution < -0.4 is 16.0 Å². The molecule has 0 aliphatic rings. The Bertz CT molecular complexity index is 750. The summed E-state index contributed by atoms with van der Waals surface area (Å²) >= 11 is 11.9. The highest BCUT2D eigenvalue weighted by atomic mass is 35.5. The lowest BCUT2D eigenvalue weighted by Gasteiger charge is -2.11. The Balaban J connectivity index is 1.77. The summed E-state index contributed by atoms with van der Waals surface area (Å²) < 4.78 is 0. The molecular formula is C17H17Cl2N3O2. The smallest absolute Gasteiger partial charge is 0.243 e. The van der Waals surface area contributed by atoms with Gasteiger partial charge in [0.05, 0.1) is 13.1 Å². The van der Waals surface area contributed by atoms with Crippen LogP contribution in [0.25, 0.3) is 0 Å². The van der Waals surface area contributed by atoms with Gasteiger partial charge in [-0.25, -0.2) is 0 Å². The second-order valence-corrected chi connectivity index (χ2v) is 5.94. The number of carbonyl (C=O) groups is 2. The summed E-state index contributed by atoms with van der Waals surface area (Å²) in [4.78, 5) is 23.7. The maximum Gasteiger partial charge on any atom is 0.243 e. The van der Waals surface area contributed by atoms with E-state index in [-0.39, 0.29) is 24.9 Å². The van der Waals surface area contributed by atoms with Crippen molar-refractivity contribution in [2.45, 2.75) is 6.92 Å². The van der Waals surface area contributed by atoms with E-state index < -0.39 is 0 Å². The molecule has 2 aromatic rings. The van der Waals surface area contributed by atoms with Crippen LogP contribution in [-0.4, -0.2) is 24.9 Å². The molecule has 0 spiro atoms. The zero-order chi connectivity index (χ0) is 17.5. The van der Waals surface area contributed by atoms with Crippen LogP contribution in [0.5, 0.6) is 0 Å². The van der Waals surface area contributed by atoms with Crippen molar-refractivity contribution < 1.29 is 9.59 Å². The van der Waals surface area contributed by atoms with Crippen molar-refractivity contribution in [2.24, 2.45) is 0 Å². The van der Waals surface area contributed by atoms with E-state index in [1.807, 2.05) is 6.92 Å². The fraction of sp³-hybridized carbons (Fsp3) is 0.176. The summed E-state index contributed by atoms with van der Waals surface area (Å²) in [7, 11) is 0. The van der Waals surface area contributed by atoms with E-state index in [1.165, 1.54) is 0 Å². The van der Waals surface area contributed by atoms with Crippen molar-refractivity contribution >= 4 is 46.4 Å². The number of rotatable bonds is 6. The molecule has 24 heavy (non-hydrogen) atoms. The fourth-order valence-electron chi connectivity index (χ4n) is 1.96. The van der Waals surface area contributed by atoms with Crippen LogP contribution >= 0.6 is 23.2 Å². The van der Waals surface area contributed by atoms with E-state index in [4.69, 9.17) is 23.2 Å². The van der Waals surface area contributed by atoms with Gasteiger partial charge in [-0.1, -0.05) is 35.3 Å². The van der Waals surface area contributed by atoms with Crippen LogP contribution in [0.1, 0.15) is 5.56 Å². The summed E-state index contributed by atoms with van der Waals surface area (Å²) in [5, 5.41) is 9.34. The van der Waals surface area contributed by atoms with Gasteiger partial charge in [-0.15, -0.1) is 0 Å². The molecule has 0 saturated carbocycles. The number of hydrogen-bond donors (Lipinski definition) is 3. The largest absolute Gasteiger partial charge is 0.376 e. The molecular weight excluding hydrogens is 349 g/mol. The van der Waals surface area contributed by atoms with Gasteiger partial charge in [-0.2, -0.15) is 0 Å². The molecule has 0 bridgehead atoms. The van der Waals surface area contributed by atoms with Crippen molar-refractivity contribution in [2.75, 3.05) is 23.7 Å². The first-order chi connectivity index (χ1) is 11.5. The lowest BCUT2D eigenvalue weighted by Crippen LogP contribution is -2.36. The van der Waals surface area contributed by atoms with Crippen LogP contribution in [0.3, 0.4) is 0 Å². The van der Waals surface area contributed by atoms with Gasteiger partial charge in [0, 0.05) is 21.4 Å². The Labute approximate surface area is 150 Å². The third-order valence-electron chi connectivity index (χ3n) is 3.27. The molecule has 0 saturated heterocycles. The van der Waals surface area contributed by atoms with Crippen LogP contribution in [0.4, 0.5) is 11.4 Å². The van der Waals surface area contributed by atoms with Crippen molar-refractivity contribution in [3.63, 3.8) is 0 Å². The standard InChI is InChI=1S/C17H17Cl2N3O2/c1-11-14(19)6-3-7-15(11)22-17(24)10-21-16(23)9-20-13-5-2-4-12(18)8-13/h2-8,20H,9-10H2,1H3,(H,21,23)(H,22,24).